The second-order valence-corrected chi connectivity index (χ2v) is 5.31. The van der Waals surface area contributed by atoms with Crippen LogP contribution in [0.25, 0.3) is 0 Å². The maximum Gasteiger partial charge on any atom is 0.240 e. The number of ether oxygens (including phenoxy) is 1. The molecule has 19 heavy (non-hydrogen) atoms. The SMILES string of the molecule is COc1ccc(CN2CCNC(=O)C2(C)C)cc1N. The molecule has 0 spiro atoms. The number of rotatable bonds is 3. The van der Waals surface area contributed by atoms with E-state index in [9.17, 15) is 4.79 Å². The standard InChI is InChI=1S/C14H21N3O2/c1-14(2)13(18)16-6-7-17(14)9-10-4-5-12(19-3)11(15)8-10/h4-5,8H,6-7,9,15H2,1-3H3,(H,16,18). The Kier molecular flexibility index (Phi) is 3.66. The van der Waals surface area contributed by atoms with Gasteiger partial charge in [0.2, 0.25) is 5.91 Å². The number of hydrogen-bond acceptors (Lipinski definition) is 4. The van der Waals surface area contributed by atoms with Crippen LogP contribution in [-0.2, 0) is 11.3 Å². The van der Waals surface area contributed by atoms with Crippen LogP contribution in [0.15, 0.2) is 18.2 Å². The van der Waals surface area contributed by atoms with Gasteiger partial charge in [0.1, 0.15) is 5.75 Å². The van der Waals surface area contributed by atoms with Crippen molar-refractivity contribution in [2.24, 2.45) is 0 Å². The molecule has 5 nitrogen and oxygen atoms in total. The first-order chi connectivity index (χ1) is 8.95. The fourth-order valence-electron chi connectivity index (χ4n) is 2.32. The van der Waals surface area contributed by atoms with Crippen molar-refractivity contribution in [3.63, 3.8) is 0 Å². The molecule has 1 aromatic carbocycles. The van der Waals surface area contributed by atoms with E-state index < -0.39 is 5.54 Å². The van der Waals surface area contributed by atoms with E-state index in [1.54, 1.807) is 7.11 Å². The van der Waals surface area contributed by atoms with E-state index in [0.29, 0.717) is 24.5 Å². The molecule has 1 saturated heterocycles. The van der Waals surface area contributed by atoms with E-state index in [2.05, 4.69) is 10.2 Å². The summed E-state index contributed by atoms with van der Waals surface area (Å²) in [5, 5.41) is 2.89. The molecule has 0 aliphatic carbocycles. The van der Waals surface area contributed by atoms with Gasteiger partial charge in [-0.15, -0.1) is 0 Å². The van der Waals surface area contributed by atoms with Crippen LogP contribution in [0.4, 0.5) is 5.69 Å². The topological polar surface area (TPSA) is 67.6 Å². The van der Waals surface area contributed by atoms with Gasteiger partial charge in [-0.2, -0.15) is 0 Å². The van der Waals surface area contributed by atoms with Crippen molar-refractivity contribution in [2.45, 2.75) is 25.9 Å². The van der Waals surface area contributed by atoms with Crippen molar-refractivity contribution in [2.75, 3.05) is 25.9 Å². The van der Waals surface area contributed by atoms with E-state index >= 15 is 0 Å². The van der Waals surface area contributed by atoms with E-state index in [4.69, 9.17) is 10.5 Å². The molecule has 1 aliphatic heterocycles. The summed E-state index contributed by atoms with van der Waals surface area (Å²) in [5.74, 6) is 0.750. The van der Waals surface area contributed by atoms with Gasteiger partial charge in [0.15, 0.2) is 0 Å². The highest BCUT2D eigenvalue weighted by Gasteiger charge is 2.37. The first-order valence-corrected chi connectivity index (χ1v) is 6.41. The predicted molar refractivity (Wildman–Crippen MR) is 74.9 cm³/mol. The molecular formula is C14H21N3O2. The Balaban J connectivity index is 2.16. The average Bonchev–Trinajstić information content (AvgIpc) is 2.36. The van der Waals surface area contributed by atoms with Gasteiger partial charge in [-0.1, -0.05) is 6.07 Å². The fraction of sp³-hybridized carbons (Fsp3) is 0.500. The van der Waals surface area contributed by atoms with Gasteiger partial charge in [0, 0.05) is 19.6 Å². The van der Waals surface area contributed by atoms with Gasteiger partial charge < -0.3 is 15.8 Å². The third-order valence-electron chi connectivity index (χ3n) is 3.68. The number of hydrogen-bond donors (Lipinski definition) is 2. The first kappa shape index (κ1) is 13.7. The summed E-state index contributed by atoms with van der Waals surface area (Å²) in [4.78, 5) is 14.0. The molecule has 1 heterocycles. The molecule has 0 saturated carbocycles. The molecule has 5 heteroatoms. The van der Waals surface area contributed by atoms with Gasteiger partial charge in [-0.05, 0) is 31.5 Å². The molecule has 1 fully saturated rings. The largest absolute Gasteiger partial charge is 0.495 e. The minimum absolute atomic E-state index is 0.0697. The normalized spacial score (nSPS) is 19.0. The molecule has 0 aromatic heterocycles. The van der Waals surface area contributed by atoms with Crippen molar-refractivity contribution < 1.29 is 9.53 Å². The Labute approximate surface area is 113 Å². The lowest BCUT2D eigenvalue weighted by molar-refractivity contribution is -0.135. The molecule has 3 N–H and O–H groups in total. The molecule has 2 rings (SSSR count). The molecule has 0 unspecified atom stereocenters. The van der Waals surface area contributed by atoms with Crippen LogP contribution in [0.5, 0.6) is 5.75 Å². The number of benzene rings is 1. The van der Waals surface area contributed by atoms with Crippen LogP contribution in [0.1, 0.15) is 19.4 Å². The number of methoxy groups -OCH3 is 1. The van der Waals surface area contributed by atoms with Crippen LogP contribution >= 0.6 is 0 Å². The third-order valence-corrected chi connectivity index (χ3v) is 3.68. The second-order valence-electron chi connectivity index (χ2n) is 5.31. The van der Waals surface area contributed by atoms with Gasteiger partial charge in [0.05, 0.1) is 18.3 Å². The summed E-state index contributed by atoms with van der Waals surface area (Å²) in [7, 11) is 1.60. The third kappa shape index (κ3) is 2.66. The molecule has 104 valence electrons. The zero-order valence-corrected chi connectivity index (χ0v) is 11.7. The Morgan fingerprint density at radius 1 is 1.47 bits per heavy atom. The number of piperazine rings is 1. The highest BCUT2D eigenvalue weighted by atomic mass is 16.5. The van der Waals surface area contributed by atoms with Gasteiger partial charge in [0.25, 0.3) is 0 Å². The lowest BCUT2D eigenvalue weighted by Gasteiger charge is -2.41. The Morgan fingerprint density at radius 3 is 2.84 bits per heavy atom. The molecule has 1 amide bonds. The second kappa shape index (κ2) is 5.09. The van der Waals surface area contributed by atoms with Crippen LogP contribution in [-0.4, -0.2) is 36.5 Å². The average molecular weight is 263 g/mol. The predicted octanol–water partition coefficient (Wildman–Crippen LogP) is 0.988. The van der Waals surface area contributed by atoms with Gasteiger partial charge >= 0.3 is 0 Å². The number of nitrogens with one attached hydrogen (secondary N) is 1. The smallest absolute Gasteiger partial charge is 0.240 e. The minimum atomic E-state index is -0.493. The van der Waals surface area contributed by atoms with Crippen molar-refractivity contribution in [3.8, 4) is 5.75 Å². The summed E-state index contributed by atoms with van der Waals surface area (Å²) in [6.45, 7) is 6.11. The van der Waals surface area contributed by atoms with Crippen molar-refractivity contribution in [1.82, 2.24) is 10.2 Å². The molecule has 0 radical (unpaired) electrons. The monoisotopic (exact) mass is 263 g/mol. The number of nitrogens with two attached hydrogens (primary N) is 1. The van der Waals surface area contributed by atoms with Crippen LogP contribution in [0, 0.1) is 0 Å². The Bertz CT molecular complexity index is 486. The lowest BCUT2D eigenvalue weighted by atomic mass is 9.98. The summed E-state index contributed by atoms with van der Waals surface area (Å²) in [6, 6.07) is 5.75. The van der Waals surface area contributed by atoms with Gasteiger partial charge in [-0.25, -0.2) is 0 Å². The maximum absolute atomic E-state index is 11.9. The fourth-order valence-corrected chi connectivity index (χ4v) is 2.32. The van der Waals surface area contributed by atoms with E-state index in [0.717, 1.165) is 12.1 Å². The summed E-state index contributed by atoms with van der Waals surface area (Å²) >= 11 is 0. The van der Waals surface area contributed by atoms with Crippen molar-refractivity contribution in [1.29, 1.82) is 0 Å². The van der Waals surface area contributed by atoms with Crippen LogP contribution < -0.4 is 15.8 Å². The van der Waals surface area contributed by atoms with Crippen molar-refractivity contribution >= 4 is 11.6 Å². The highest BCUT2D eigenvalue weighted by Crippen LogP contribution is 2.25. The number of amides is 1. The van der Waals surface area contributed by atoms with E-state index in [-0.39, 0.29) is 5.91 Å². The molecular weight excluding hydrogens is 242 g/mol. The van der Waals surface area contributed by atoms with Gasteiger partial charge in [-0.3, -0.25) is 9.69 Å². The number of nitrogens with zero attached hydrogens (tertiary/aromatic N) is 1. The Morgan fingerprint density at radius 2 is 2.21 bits per heavy atom. The summed E-state index contributed by atoms with van der Waals surface area (Å²) < 4.78 is 5.15. The van der Waals surface area contributed by atoms with E-state index in [1.807, 2.05) is 32.0 Å². The molecule has 0 bridgehead atoms. The summed E-state index contributed by atoms with van der Waals surface area (Å²) in [6.07, 6.45) is 0. The minimum Gasteiger partial charge on any atom is -0.495 e. The number of anilines is 1. The van der Waals surface area contributed by atoms with E-state index in [1.165, 1.54) is 0 Å². The highest BCUT2D eigenvalue weighted by molar-refractivity contribution is 5.86. The molecule has 0 atom stereocenters. The number of carbonyl (C=O) groups is 1. The Hall–Kier alpha value is -1.75. The zero-order valence-electron chi connectivity index (χ0n) is 11.7. The van der Waals surface area contributed by atoms with Crippen molar-refractivity contribution in [3.05, 3.63) is 23.8 Å². The first-order valence-electron chi connectivity index (χ1n) is 6.41. The maximum atomic E-state index is 11.9. The lowest BCUT2D eigenvalue weighted by Crippen LogP contribution is -2.61. The molecule has 1 aromatic rings. The molecule has 1 aliphatic rings. The van der Waals surface area contributed by atoms with Crippen LogP contribution in [0.2, 0.25) is 0 Å². The number of carbonyl (C=O) groups excluding carboxylic acids is 1. The number of nitrogen functional groups attached to an aromatic ring is 1. The zero-order chi connectivity index (χ0) is 14.0. The quantitative estimate of drug-likeness (QED) is 0.798. The van der Waals surface area contributed by atoms with Crippen LogP contribution in [0.3, 0.4) is 0 Å². The summed E-state index contributed by atoms with van der Waals surface area (Å²) in [5.41, 5.74) is 7.12.